The van der Waals surface area contributed by atoms with Crippen molar-refractivity contribution in [3.05, 3.63) is 0 Å². The van der Waals surface area contributed by atoms with E-state index in [9.17, 15) is 13.2 Å². The molecule has 2 N–H and O–H groups in total. The van der Waals surface area contributed by atoms with Gasteiger partial charge in [-0.1, -0.05) is 39.5 Å². The summed E-state index contributed by atoms with van der Waals surface area (Å²) in [6.45, 7) is 4.88. The first-order valence-corrected chi connectivity index (χ1v) is 9.91. The number of rotatable bonds is 8. The maximum Gasteiger partial charge on any atom is 0.235 e. The van der Waals surface area contributed by atoms with Gasteiger partial charge >= 0.3 is 0 Å². The lowest BCUT2D eigenvalue weighted by atomic mass is 10.1. The predicted molar refractivity (Wildman–Crippen MR) is 86.0 cm³/mol. The average molecular weight is 318 g/mol. The van der Waals surface area contributed by atoms with Crippen molar-refractivity contribution < 1.29 is 13.2 Å². The standard InChI is InChI=1S/C15H30N2O3S/c1-13(2)11-21(19,20)12-15(18)17-10-9-16-14-7-5-3-4-6-8-14/h13-14,16H,3-12H2,1-2H3,(H,17,18). The average Bonchev–Trinajstić information content (AvgIpc) is 2.60. The van der Waals surface area contributed by atoms with E-state index in [0.717, 1.165) is 0 Å². The van der Waals surface area contributed by atoms with Crippen molar-refractivity contribution in [3.63, 3.8) is 0 Å². The molecule has 0 spiro atoms. The fraction of sp³-hybridized carbons (Fsp3) is 0.933. The Labute approximate surface area is 129 Å². The van der Waals surface area contributed by atoms with Crippen LogP contribution in [0.15, 0.2) is 0 Å². The van der Waals surface area contributed by atoms with Gasteiger partial charge in [0.1, 0.15) is 5.75 Å². The number of carbonyl (C=O) groups excluding carboxylic acids is 1. The van der Waals surface area contributed by atoms with E-state index in [2.05, 4.69) is 10.6 Å². The quantitative estimate of drug-likeness (QED) is 0.525. The van der Waals surface area contributed by atoms with Crippen LogP contribution in [0.4, 0.5) is 0 Å². The third-order valence-electron chi connectivity index (χ3n) is 3.67. The summed E-state index contributed by atoms with van der Waals surface area (Å²) >= 11 is 0. The van der Waals surface area contributed by atoms with E-state index in [1.54, 1.807) is 0 Å². The lowest BCUT2D eigenvalue weighted by Crippen LogP contribution is -2.39. The highest BCUT2D eigenvalue weighted by molar-refractivity contribution is 7.92. The smallest absolute Gasteiger partial charge is 0.235 e. The molecule has 1 aliphatic carbocycles. The molecular weight excluding hydrogens is 288 g/mol. The molecule has 0 unspecified atom stereocenters. The number of carbonyl (C=O) groups is 1. The van der Waals surface area contributed by atoms with Crippen molar-refractivity contribution in [1.29, 1.82) is 0 Å². The minimum absolute atomic E-state index is 0.0553. The maximum absolute atomic E-state index is 11.7. The molecule has 21 heavy (non-hydrogen) atoms. The highest BCUT2D eigenvalue weighted by atomic mass is 32.2. The molecular formula is C15H30N2O3S. The van der Waals surface area contributed by atoms with Crippen LogP contribution in [-0.2, 0) is 14.6 Å². The number of hydrogen-bond acceptors (Lipinski definition) is 4. The van der Waals surface area contributed by atoms with E-state index in [1.807, 2.05) is 13.8 Å². The van der Waals surface area contributed by atoms with E-state index >= 15 is 0 Å². The number of amides is 1. The zero-order chi connectivity index (χ0) is 15.7. The Balaban J connectivity index is 2.15. The normalized spacial score (nSPS) is 17.7. The SMILES string of the molecule is CC(C)CS(=O)(=O)CC(=O)NCCNC1CCCCCC1. The summed E-state index contributed by atoms with van der Waals surface area (Å²) in [4.78, 5) is 11.6. The van der Waals surface area contributed by atoms with E-state index in [1.165, 1.54) is 38.5 Å². The zero-order valence-corrected chi connectivity index (χ0v) is 14.2. The molecule has 1 fully saturated rings. The fourth-order valence-electron chi connectivity index (χ4n) is 2.78. The Morgan fingerprint density at radius 1 is 1.10 bits per heavy atom. The minimum atomic E-state index is -3.27. The molecule has 1 aliphatic rings. The van der Waals surface area contributed by atoms with Gasteiger partial charge in [-0.25, -0.2) is 8.42 Å². The van der Waals surface area contributed by atoms with Gasteiger partial charge in [-0.2, -0.15) is 0 Å². The predicted octanol–water partition coefficient (Wildman–Crippen LogP) is 1.49. The summed E-state index contributed by atoms with van der Waals surface area (Å²) in [7, 11) is -3.27. The van der Waals surface area contributed by atoms with Crippen molar-refractivity contribution in [2.75, 3.05) is 24.6 Å². The van der Waals surface area contributed by atoms with Gasteiger partial charge in [0.05, 0.1) is 5.75 Å². The highest BCUT2D eigenvalue weighted by Crippen LogP contribution is 2.16. The molecule has 0 bridgehead atoms. The van der Waals surface area contributed by atoms with Crippen molar-refractivity contribution in [2.45, 2.75) is 58.4 Å². The molecule has 0 aliphatic heterocycles. The van der Waals surface area contributed by atoms with Crippen LogP contribution >= 0.6 is 0 Å². The van der Waals surface area contributed by atoms with Crippen molar-refractivity contribution >= 4 is 15.7 Å². The first-order valence-electron chi connectivity index (χ1n) is 8.09. The van der Waals surface area contributed by atoms with Gasteiger partial charge in [0.2, 0.25) is 5.91 Å². The first kappa shape index (κ1) is 18.4. The van der Waals surface area contributed by atoms with Crippen LogP contribution in [0, 0.1) is 5.92 Å². The molecule has 1 rings (SSSR count). The molecule has 0 aromatic rings. The summed E-state index contributed by atoms with van der Waals surface area (Å²) in [5.41, 5.74) is 0. The molecule has 1 amide bonds. The summed E-state index contributed by atoms with van der Waals surface area (Å²) in [5.74, 6) is -0.659. The highest BCUT2D eigenvalue weighted by Gasteiger charge is 2.18. The summed E-state index contributed by atoms with van der Waals surface area (Å²) < 4.78 is 23.4. The first-order chi connectivity index (χ1) is 9.89. The van der Waals surface area contributed by atoms with Crippen LogP contribution in [0.5, 0.6) is 0 Å². The van der Waals surface area contributed by atoms with E-state index in [0.29, 0.717) is 19.1 Å². The summed E-state index contributed by atoms with van der Waals surface area (Å²) in [6, 6.07) is 0.550. The van der Waals surface area contributed by atoms with Gasteiger partial charge in [-0.3, -0.25) is 4.79 Å². The molecule has 0 atom stereocenters. The van der Waals surface area contributed by atoms with Crippen LogP contribution < -0.4 is 10.6 Å². The molecule has 0 aromatic heterocycles. The minimum Gasteiger partial charge on any atom is -0.354 e. The maximum atomic E-state index is 11.7. The lowest BCUT2D eigenvalue weighted by Gasteiger charge is -2.16. The second-order valence-electron chi connectivity index (χ2n) is 6.44. The van der Waals surface area contributed by atoms with Crippen LogP contribution in [-0.4, -0.2) is 45.0 Å². The van der Waals surface area contributed by atoms with E-state index < -0.39 is 21.5 Å². The van der Waals surface area contributed by atoms with Crippen LogP contribution in [0.3, 0.4) is 0 Å². The van der Waals surface area contributed by atoms with Gasteiger partial charge in [0.25, 0.3) is 0 Å². The third kappa shape index (κ3) is 9.09. The molecule has 0 aromatic carbocycles. The van der Waals surface area contributed by atoms with E-state index in [-0.39, 0.29) is 11.7 Å². The summed E-state index contributed by atoms with van der Waals surface area (Å²) in [6.07, 6.45) is 7.60. The van der Waals surface area contributed by atoms with Crippen molar-refractivity contribution in [3.8, 4) is 0 Å². The summed E-state index contributed by atoms with van der Waals surface area (Å²) in [5, 5.41) is 6.13. The van der Waals surface area contributed by atoms with Gasteiger partial charge < -0.3 is 10.6 Å². The number of sulfone groups is 1. The molecule has 124 valence electrons. The lowest BCUT2D eigenvalue weighted by molar-refractivity contribution is -0.118. The fourth-order valence-corrected chi connectivity index (χ4v) is 4.41. The van der Waals surface area contributed by atoms with Gasteiger partial charge in [0, 0.05) is 19.1 Å². The number of hydrogen-bond donors (Lipinski definition) is 2. The Bertz CT molecular complexity index is 399. The monoisotopic (exact) mass is 318 g/mol. The van der Waals surface area contributed by atoms with Crippen LogP contribution in [0.1, 0.15) is 52.4 Å². The van der Waals surface area contributed by atoms with Gasteiger partial charge in [0.15, 0.2) is 9.84 Å². The third-order valence-corrected chi connectivity index (χ3v) is 5.55. The molecule has 0 heterocycles. The van der Waals surface area contributed by atoms with Gasteiger partial charge in [-0.15, -0.1) is 0 Å². The second-order valence-corrected chi connectivity index (χ2v) is 8.55. The Morgan fingerprint density at radius 2 is 1.71 bits per heavy atom. The number of nitrogens with one attached hydrogen (secondary N) is 2. The molecule has 1 saturated carbocycles. The van der Waals surface area contributed by atoms with Crippen molar-refractivity contribution in [1.82, 2.24) is 10.6 Å². The Kier molecular flexibility index (Phi) is 8.26. The molecule has 0 radical (unpaired) electrons. The van der Waals surface area contributed by atoms with Crippen LogP contribution in [0.2, 0.25) is 0 Å². The Morgan fingerprint density at radius 3 is 2.29 bits per heavy atom. The topological polar surface area (TPSA) is 75.3 Å². The second kappa shape index (κ2) is 9.41. The van der Waals surface area contributed by atoms with Gasteiger partial charge in [-0.05, 0) is 18.8 Å². The molecule has 6 heteroatoms. The van der Waals surface area contributed by atoms with E-state index in [4.69, 9.17) is 0 Å². The Hall–Kier alpha value is -0.620. The molecule has 0 saturated heterocycles. The largest absolute Gasteiger partial charge is 0.354 e. The van der Waals surface area contributed by atoms with Crippen molar-refractivity contribution in [2.24, 2.45) is 5.92 Å². The zero-order valence-electron chi connectivity index (χ0n) is 13.4. The van der Waals surface area contributed by atoms with Crippen LogP contribution in [0.25, 0.3) is 0 Å². The molecule has 5 nitrogen and oxygen atoms in total.